The van der Waals surface area contributed by atoms with Gasteiger partial charge in [-0.1, -0.05) is 30.3 Å². The molecule has 1 saturated carbocycles. The van der Waals surface area contributed by atoms with Crippen LogP contribution in [-0.2, 0) is 16.1 Å². The lowest BCUT2D eigenvalue weighted by atomic mass is 9.82. The molecule has 5 heteroatoms. The molecule has 1 amide bonds. The van der Waals surface area contributed by atoms with E-state index in [0.29, 0.717) is 0 Å². The van der Waals surface area contributed by atoms with Crippen LogP contribution >= 0.6 is 0 Å². The Bertz CT molecular complexity index is 508. The topological polar surface area (TPSA) is 75.6 Å². The zero-order chi connectivity index (χ0) is 15.5. The van der Waals surface area contributed by atoms with Crippen molar-refractivity contribution in [3.8, 4) is 0 Å². The Morgan fingerprint density at radius 2 is 1.95 bits per heavy atom. The number of hydrogen-bond acceptors (Lipinski definition) is 3. The molecule has 0 spiro atoms. The summed E-state index contributed by atoms with van der Waals surface area (Å²) < 4.78 is 5.17. The molecule has 1 unspecified atom stereocenters. The lowest BCUT2D eigenvalue weighted by molar-refractivity contribution is -0.148. The number of ether oxygens (including phenoxy) is 1. The second kappa shape index (κ2) is 6.16. The summed E-state index contributed by atoms with van der Waals surface area (Å²) in [5, 5.41) is 12.0. The van der Waals surface area contributed by atoms with Gasteiger partial charge in [-0.15, -0.1) is 0 Å². The minimum Gasteiger partial charge on any atom is -0.481 e. The molecule has 2 N–H and O–H groups in total. The van der Waals surface area contributed by atoms with Crippen molar-refractivity contribution in [2.45, 2.75) is 39.3 Å². The molecular formula is C16H21NO4. The van der Waals surface area contributed by atoms with Crippen LogP contribution in [0.15, 0.2) is 30.3 Å². The van der Waals surface area contributed by atoms with Crippen molar-refractivity contribution in [3.63, 3.8) is 0 Å². The number of aliphatic carboxylic acids is 1. The predicted octanol–water partition coefficient (Wildman–Crippen LogP) is 2.80. The van der Waals surface area contributed by atoms with E-state index < -0.39 is 23.5 Å². The number of nitrogens with one attached hydrogen (secondary N) is 1. The maximum atomic E-state index is 11.9. The third-order valence-electron chi connectivity index (χ3n) is 3.91. The first-order valence-electron chi connectivity index (χ1n) is 7.12. The number of amides is 1. The Hall–Kier alpha value is -2.04. The number of carbonyl (C=O) groups excluding carboxylic acids is 1. The highest BCUT2D eigenvalue weighted by Gasteiger charge is 2.46. The van der Waals surface area contributed by atoms with E-state index in [1.165, 1.54) is 0 Å². The summed E-state index contributed by atoms with van der Waals surface area (Å²) in [6.07, 6.45) is 1.32. The molecule has 0 saturated heterocycles. The number of carbonyl (C=O) groups is 2. The van der Waals surface area contributed by atoms with Gasteiger partial charge in [-0.05, 0) is 38.2 Å². The van der Waals surface area contributed by atoms with Crippen LogP contribution in [0.25, 0.3) is 0 Å². The van der Waals surface area contributed by atoms with Crippen molar-refractivity contribution < 1.29 is 19.4 Å². The molecule has 21 heavy (non-hydrogen) atoms. The second-order valence-electron chi connectivity index (χ2n) is 6.05. The molecule has 1 aromatic rings. The van der Waals surface area contributed by atoms with Gasteiger partial charge in [0, 0.05) is 0 Å². The molecule has 0 aromatic heterocycles. The van der Waals surface area contributed by atoms with E-state index in [0.717, 1.165) is 18.4 Å². The van der Waals surface area contributed by atoms with E-state index in [1.54, 1.807) is 13.8 Å². The van der Waals surface area contributed by atoms with Crippen molar-refractivity contribution in [3.05, 3.63) is 35.9 Å². The molecule has 1 aromatic carbocycles. The minimum atomic E-state index is -1.01. The molecular weight excluding hydrogens is 270 g/mol. The van der Waals surface area contributed by atoms with Gasteiger partial charge in [-0.2, -0.15) is 0 Å². The minimum absolute atomic E-state index is 0.178. The number of carboxylic acids is 1. The van der Waals surface area contributed by atoms with Crippen LogP contribution in [0.4, 0.5) is 4.79 Å². The maximum Gasteiger partial charge on any atom is 0.407 e. The fraction of sp³-hybridized carbons (Fsp3) is 0.500. The first-order valence-corrected chi connectivity index (χ1v) is 7.12. The number of carboxylic acid groups (broad SMARTS) is 1. The van der Waals surface area contributed by atoms with Crippen molar-refractivity contribution in [1.29, 1.82) is 0 Å². The number of alkyl carbamates (subject to hydrolysis) is 1. The first kappa shape index (κ1) is 15.4. The molecule has 1 fully saturated rings. The summed E-state index contributed by atoms with van der Waals surface area (Å²) in [7, 11) is 0. The number of rotatable bonds is 6. The molecule has 5 nitrogen and oxygen atoms in total. The molecule has 0 radical (unpaired) electrons. The van der Waals surface area contributed by atoms with Gasteiger partial charge in [-0.25, -0.2) is 4.79 Å². The van der Waals surface area contributed by atoms with Crippen LogP contribution in [0, 0.1) is 11.3 Å². The summed E-state index contributed by atoms with van der Waals surface area (Å²) in [5.74, 6) is -0.692. The Balaban J connectivity index is 1.92. The van der Waals surface area contributed by atoms with E-state index >= 15 is 0 Å². The average Bonchev–Trinajstić information content (AvgIpc) is 3.27. The van der Waals surface area contributed by atoms with Gasteiger partial charge >= 0.3 is 12.1 Å². The fourth-order valence-corrected chi connectivity index (χ4v) is 2.34. The number of hydrogen-bond donors (Lipinski definition) is 2. The molecule has 1 aliphatic rings. The molecule has 114 valence electrons. The quantitative estimate of drug-likeness (QED) is 0.845. The SMILES string of the molecule is CC(C)(C(=O)O)C(NC(=O)OCc1ccccc1)C1CC1. The standard InChI is InChI=1S/C16H21NO4/c1-16(2,14(18)19)13(12-8-9-12)17-15(20)21-10-11-6-4-3-5-7-11/h3-7,12-13H,8-10H2,1-2H3,(H,17,20)(H,18,19). The Morgan fingerprint density at radius 1 is 1.33 bits per heavy atom. The monoisotopic (exact) mass is 291 g/mol. The van der Waals surface area contributed by atoms with Crippen LogP contribution in [0.3, 0.4) is 0 Å². The molecule has 1 aliphatic carbocycles. The Labute approximate surface area is 124 Å². The number of benzene rings is 1. The highest BCUT2D eigenvalue weighted by molar-refractivity contribution is 5.76. The highest BCUT2D eigenvalue weighted by atomic mass is 16.5. The summed E-state index contributed by atoms with van der Waals surface area (Å²) >= 11 is 0. The van der Waals surface area contributed by atoms with Gasteiger partial charge in [0.15, 0.2) is 0 Å². The van der Waals surface area contributed by atoms with E-state index in [1.807, 2.05) is 30.3 Å². The van der Waals surface area contributed by atoms with Crippen LogP contribution in [0.1, 0.15) is 32.3 Å². The van der Waals surface area contributed by atoms with Crippen molar-refractivity contribution in [2.24, 2.45) is 11.3 Å². The average molecular weight is 291 g/mol. The van der Waals surface area contributed by atoms with Crippen LogP contribution < -0.4 is 5.32 Å². The molecule has 2 rings (SSSR count). The molecule has 1 atom stereocenters. The van der Waals surface area contributed by atoms with Crippen LogP contribution in [0.2, 0.25) is 0 Å². The molecule has 0 aliphatic heterocycles. The van der Waals surface area contributed by atoms with E-state index in [9.17, 15) is 14.7 Å². The van der Waals surface area contributed by atoms with E-state index in [2.05, 4.69) is 5.32 Å². The Kier molecular flexibility index (Phi) is 4.50. The van der Waals surface area contributed by atoms with Gasteiger partial charge in [0.1, 0.15) is 6.61 Å². The van der Waals surface area contributed by atoms with Gasteiger partial charge in [0.05, 0.1) is 11.5 Å². The zero-order valence-corrected chi connectivity index (χ0v) is 12.3. The lowest BCUT2D eigenvalue weighted by Gasteiger charge is -2.30. The van der Waals surface area contributed by atoms with E-state index in [4.69, 9.17) is 4.74 Å². The van der Waals surface area contributed by atoms with Crippen molar-refractivity contribution >= 4 is 12.1 Å². The fourth-order valence-electron chi connectivity index (χ4n) is 2.34. The summed E-state index contributed by atoms with van der Waals surface area (Å²) in [6.45, 7) is 3.45. The van der Waals surface area contributed by atoms with E-state index in [-0.39, 0.29) is 12.5 Å². The van der Waals surface area contributed by atoms with Crippen molar-refractivity contribution in [2.75, 3.05) is 0 Å². The van der Waals surface area contributed by atoms with Crippen molar-refractivity contribution in [1.82, 2.24) is 5.32 Å². The maximum absolute atomic E-state index is 11.9. The summed E-state index contributed by atoms with van der Waals surface area (Å²) in [4.78, 5) is 23.3. The highest BCUT2D eigenvalue weighted by Crippen LogP contribution is 2.40. The lowest BCUT2D eigenvalue weighted by Crippen LogP contribution is -2.50. The predicted molar refractivity (Wildman–Crippen MR) is 77.7 cm³/mol. The third kappa shape index (κ3) is 3.97. The molecule has 0 heterocycles. The summed E-state index contributed by atoms with van der Waals surface area (Å²) in [6, 6.07) is 8.97. The first-order chi connectivity index (χ1) is 9.91. The zero-order valence-electron chi connectivity index (χ0n) is 12.3. The smallest absolute Gasteiger partial charge is 0.407 e. The Morgan fingerprint density at radius 3 is 2.48 bits per heavy atom. The normalized spacial score (nSPS) is 16.1. The van der Waals surface area contributed by atoms with Gasteiger partial charge < -0.3 is 15.2 Å². The largest absolute Gasteiger partial charge is 0.481 e. The van der Waals surface area contributed by atoms with Crippen LogP contribution in [0.5, 0.6) is 0 Å². The molecule has 0 bridgehead atoms. The van der Waals surface area contributed by atoms with Gasteiger partial charge in [0.25, 0.3) is 0 Å². The van der Waals surface area contributed by atoms with Crippen LogP contribution in [-0.4, -0.2) is 23.2 Å². The summed E-state index contributed by atoms with van der Waals surface area (Å²) in [5.41, 5.74) is -0.111. The second-order valence-corrected chi connectivity index (χ2v) is 6.05. The van der Waals surface area contributed by atoms with Gasteiger partial charge in [-0.3, -0.25) is 4.79 Å². The third-order valence-corrected chi connectivity index (χ3v) is 3.91. The van der Waals surface area contributed by atoms with Gasteiger partial charge in [0.2, 0.25) is 0 Å².